The van der Waals surface area contributed by atoms with Gasteiger partial charge in [0.2, 0.25) is 5.88 Å². The van der Waals surface area contributed by atoms with E-state index in [9.17, 15) is 9.18 Å². The van der Waals surface area contributed by atoms with Crippen LogP contribution in [0.4, 0.5) is 14.5 Å². The Labute approximate surface area is 227 Å². The minimum absolute atomic E-state index is 0.0250. The minimum Gasteiger partial charge on any atom is -0.436 e. The second-order valence-corrected chi connectivity index (χ2v) is 9.51. The molecule has 0 unspecified atom stereocenters. The lowest BCUT2D eigenvalue weighted by molar-refractivity contribution is -0.114. The second kappa shape index (κ2) is 9.88. The molecule has 0 spiro atoms. The SMILES string of the molecule is C=C(F)C(=O)Nc1ccc(-c2cc3c(c4c5c([nH]cnc=5n2C)=NC4)CC(F)=C(Oc2cccc(C)n2)C=3)cc1. The third-order valence-corrected chi connectivity index (χ3v) is 6.88. The number of hydrogen-bond acceptors (Lipinski definition) is 5. The lowest BCUT2D eigenvalue weighted by Crippen LogP contribution is -2.21. The summed E-state index contributed by atoms with van der Waals surface area (Å²) in [6.07, 6.45) is 3.29. The summed E-state index contributed by atoms with van der Waals surface area (Å²) in [7, 11) is 1.89. The zero-order valence-corrected chi connectivity index (χ0v) is 21.8. The summed E-state index contributed by atoms with van der Waals surface area (Å²) in [5, 5.41) is 4.05. The highest BCUT2D eigenvalue weighted by molar-refractivity contribution is 6.01. The molecule has 10 heteroatoms. The monoisotopic (exact) mass is 538 g/mol. The summed E-state index contributed by atoms with van der Waals surface area (Å²) >= 11 is 0. The van der Waals surface area contributed by atoms with E-state index in [-0.39, 0.29) is 12.2 Å². The molecule has 3 aliphatic heterocycles. The molecular weight excluding hydrogens is 514 g/mol. The van der Waals surface area contributed by atoms with E-state index in [1.165, 1.54) is 0 Å². The van der Waals surface area contributed by atoms with E-state index < -0.39 is 17.6 Å². The van der Waals surface area contributed by atoms with E-state index in [0.29, 0.717) is 29.1 Å². The number of allylic oxidation sites excluding steroid dienone is 2. The molecular formula is C30H24F2N6O2. The number of aromatic amines is 1. The van der Waals surface area contributed by atoms with Crippen molar-refractivity contribution in [2.75, 3.05) is 5.32 Å². The Morgan fingerprint density at radius 3 is 2.73 bits per heavy atom. The maximum absolute atomic E-state index is 15.5. The van der Waals surface area contributed by atoms with Gasteiger partial charge in [-0.3, -0.25) is 9.79 Å². The standard InChI is InChI=1S/C30H24F2N6O2/c1-16-5-4-6-26(36-16)40-25-12-19-11-24(18-7-9-20(10-8-18)37-30(39)17(2)31)38(3)29-27-22(21(19)13-23(25)32)14-33-28(27)34-15-35-29/h4-12,15H,2,13-14H2,1,3H3,(H,37,39)(H,33,34,35). The fourth-order valence-electron chi connectivity index (χ4n) is 4.93. The third kappa shape index (κ3) is 4.53. The van der Waals surface area contributed by atoms with Crippen molar-refractivity contribution in [3.8, 4) is 17.1 Å². The first-order valence-electron chi connectivity index (χ1n) is 12.5. The average Bonchev–Trinajstić information content (AvgIpc) is 3.37. The van der Waals surface area contributed by atoms with Crippen LogP contribution >= 0.6 is 0 Å². The van der Waals surface area contributed by atoms with Crippen LogP contribution in [0.25, 0.3) is 17.3 Å². The van der Waals surface area contributed by atoms with Crippen molar-refractivity contribution >= 4 is 17.7 Å². The molecule has 1 aromatic carbocycles. The van der Waals surface area contributed by atoms with Crippen molar-refractivity contribution in [1.82, 2.24) is 19.5 Å². The molecule has 4 heterocycles. The number of H-pyrrole nitrogens is 1. The number of fused-ring (bicyclic) bond motifs is 2. The molecule has 0 radical (unpaired) electrons. The number of nitrogens with zero attached hydrogens (tertiary/aromatic N) is 4. The normalized spacial score (nSPS) is 13.3. The van der Waals surface area contributed by atoms with Crippen molar-refractivity contribution in [1.29, 1.82) is 0 Å². The van der Waals surface area contributed by atoms with Gasteiger partial charge in [-0.05, 0) is 59.2 Å². The number of halogens is 2. The van der Waals surface area contributed by atoms with Gasteiger partial charge >= 0.3 is 0 Å². The van der Waals surface area contributed by atoms with Crippen LogP contribution in [0.2, 0.25) is 0 Å². The van der Waals surface area contributed by atoms with Crippen molar-refractivity contribution in [2.45, 2.75) is 19.9 Å². The lowest BCUT2D eigenvalue weighted by Gasteiger charge is -2.17. The number of nitrogens with one attached hydrogen (secondary N) is 2. The molecule has 0 bridgehead atoms. The third-order valence-electron chi connectivity index (χ3n) is 6.88. The largest absolute Gasteiger partial charge is 0.436 e. The maximum Gasteiger partial charge on any atom is 0.283 e. The molecule has 1 aliphatic carbocycles. The second-order valence-electron chi connectivity index (χ2n) is 9.51. The first kappa shape index (κ1) is 25.2. The van der Waals surface area contributed by atoms with Crippen LogP contribution in [0.15, 0.2) is 83.8 Å². The summed E-state index contributed by atoms with van der Waals surface area (Å²) in [5.41, 5.74) is 5.77. The summed E-state index contributed by atoms with van der Waals surface area (Å²) in [6, 6.07) is 14.2. The zero-order valence-electron chi connectivity index (χ0n) is 21.8. The van der Waals surface area contributed by atoms with Gasteiger partial charge in [0.1, 0.15) is 16.8 Å². The Kier molecular flexibility index (Phi) is 6.22. The summed E-state index contributed by atoms with van der Waals surface area (Å²) in [6.45, 7) is 5.26. The number of carbonyl (C=O) groups excluding carboxylic acids is 1. The predicted molar refractivity (Wildman–Crippen MR) is 145 cm³/mol. The highest BCUT2D eigenvalue weighted by Crippen LogP contribution is 2.26. The Morgan fingerprint density at radius 2 is 1.98 bits per heavy atom. The van der Waals surface area contributed by atoms with Gasteiger partial charge in [0.15, 0.2) is 11.6 Å². The number of benzene rings is 1. The number of aryl methyl sites for hydroxylation is 1. The summed E-state index contributed by atoms with van der Waals surface area (Å²) in [5.74, 6) is -1.99. The van der Waals surface area contributed by atoms with Gasteiger partial charge in [0, 0.05) is 36.6 Å². The number of aromatic nitrogens is 4. The van der Waals surface area contributed by atoms with E-state index >= 15 is 4.39 Å². The first-order valence-corrected chi connectivity index (χ1v) is 12.5. The predicted octanol–water partition coefficient (Wildman–Crippen LogP) is 4.12. The van der Waals surface area contributed by atoms with Crippen LogP contribution in [0.3, 0.4) is 0 Å². The molecule has 6 rings (SSSR count). The fraction of sp³-hybridized carbons (Fsp3) is 0.133. The molecule has 0 saturated carbocycles. The molecule has 0 fully saturated rings. The van der Waals surface area contributed by atoms with Gasteiger partial charge in [-0.15, -0.1) is 0 Å². The van der Waals surface area contributed by atoms with E-state index in [2.05, 4.69) is 31.8 Å². The quantitative estimate of drug-likeness (QED) is 0.374. The van der Waals surface area contributed by atoms with Crippen molar-refractivity contribution in [2.24, 2.45) is 12.0 Å². The summed E-state index contributed by atoms with van der Waals surface area (Å²) in [4.78, 5) is 28.4. The van der Waals surface area contributed by atoms with Crippen LogP contribution in [-0.2, 0) is 24.8 Å². The molecule has 8 nitrogen and oxygen atoms in total. The lowest BCUT2D eigenvalue weighted by atomic mass is 9.97. The van der Waals surface area contributed by atoms with Gasteiger partial charge in [-0.1, -0.05) is 24.8 Å². The van der Waals surface area contributed by atoms with E-state index in [1.54, 1.807) is 48.8 Å². The number of anilines is 1. The minimum atomic E-state index is -1.07. The van der Waals surface area contributed by atoms with Crippen LogP contribution in [-0.4, -0.2) is 25.4 Å². The Morgan fingerprint density at radius 1 is 1.18 bits per heavy atom. The number of rotatable bonds is 5. The van der Waals surface area contributed by atoms with Crippen LogP contribution in [0.1, 0.15) is 16.8 Å². The molecule has 0 atom stereocenters. The van der Waals surface area contributed by atoms with E-state index in [4.69, 9.17) is 4.74 Å². The number of amides is 1. The maximum atomic E-state index is 15.5. The Hall–Kier alpha value is -5.12. The molecule has 0 saturated heterocycles. The van der Waals surface area contributed by atoms with Crippen molar-refractivity contribution in [3.63, 3.8) is 0 Å². The molecule has 2 N–H and O–H groups in total. The number of ether oxygens (including phenoxy) is 1. The molecule has 40 heavy (non-hydrogen) atoms. The van der Waals surface area contributed by atoms with E-state index in [0.717, 1.165) is 38.5 Å². The van der Waals surface area contributed by atoms with Crippen molar-refractivity contribution < 1.29 is 18.3 Å². The number of pyridine rings is 1. The average molecular weight is 539 g/mol. The first-order chi connectivity index (χ1) is 19.3. The molecule has 1 aromatic heterocycles. The van der Waals surface area contributed by atoms with E-state index in [1.807, 2.05) is 30.7 Å². The fourth-order valence-corrected chi connectivity index (χ4v) is 4.93. The summed E-state index contributed by atoms with van der Waals surface area (Å²) < 4.78 is 36.6. The molecule has 1 amide bonds. The highest BCUT2D eigenvalue weighted by atomic mass is 19.1. The topological polar surface area (TPSA) is 97.2 Å². The number of carbonyl (C=O) groups is 1. The molecule has 2 aromatic rings. The van der Waals surface area contributed by atoms with Gasteiger partial charge in [-0.2, -0.15) is 0 Å². The van der Waals surface area contributed by atoms with Gasteiger partial charge < -0.3 is 19.6 Å². The van der Waals surface area contributed by atoms with Gasteiger partial charge in [0.05, 0.1) is 18.1 Å². The van der Waals surface area contributed by atoms with Crippen molar-refractivity contribution in [3.05, 3.63) is 117 Å². The van der Waals surface area contributed by atoms with Crippen LogP contribution < -0.4 is 20.8 Å². The Bertz CT molecular complexity index is 1990. The van der Waals surface area contributed by atoms with Gasteiger partial charge in [-0.25, -0.2) is 18.7 Å². The smallest absolute Gasteiger partial charge is 0.283 e. The highest BCUT2D eigenvalue weighted by Gasteiger charge is 2.21. The number of hydrogen-bond donors (Lipinski definition) is 2. The van der Waals surface area contributed by atoms with Crippen LogP contribution in [0.5, 0.6) is 5.88 Å². The molecule has 4 aliphatic rings. The van der Waals surface area contributed by atoms with Crippen LogP contribution in [0, 0.1) is 17.6 Å². The Balaban J connectivity index is 1.58. The molecule has 200 valence electrons. The zero-order chi connectivity index (χ0) is 28.0. The van der Waals surface area contributed by atoms with Gasteiger partial charge in [0.25, 0.3) is 5.91 Å².